The first-order valence-corrected chi connectivity index (χ1v) is 6.01. The predicted octanol–water partition coefficient (Wildman–Crippen LogP) is 3.21. The van der Waals surface area contributed by atoms with Crippen LogP contribution in [0.4, 0.5) is 0 Å². The van der Waals surface area contributed by atoms with E-state index in [4.69, 9.17) is 17.3 Å². The van der Waals surface area contributed by atoms with Crippen LogP contribution in [0.25, 0.3) is 11.3 Å². The molecule has 2 rings (SSSR count). The fourth-order valence-electron chi connectivity index (χ4n) is 1.79. The number of hydrogen-bond donors (Lipinski definition) is 1. The second kappa shape index (κ2) is 5.30. The molecule has 0 unspecified atom stereocenters. The van der Waals surface area contributed by atoms with Gasteiger partial charge in [0, 0.05) is 16.3 Å². The lowest BCUT2D eigenvalue weighted by atomic mass is 10.1. The van der Waals surface area contributed by atoms with E-state index in [1.807, 2.05) is 37.3 Å². The summed E-state index contributed by atoms with van der Waals surface area (Å²) >= 11 is 5.86. The molecule has 1 heterocycles. The van der Waals surface area contributed by atoms with Crippen molar-refractivity contribution in [1.29, 1.82) is 0 Å². The quantitative estimate of drug-likeness (QED) is 0.903. The van der Waals surface area contributed by atoms with Crippen LogP contribution in [-0.2, 0) is 6.42 Å². The summed E-state index contributed by atoms with van der Waals surface area (Å²) < 4.78 is 0. The molecule has 0 spiro atoms. The van der Waals surface area contributed by atoms with Crippen molar-refractivity contribution in [3.8, 4) is 11.3 Å². The number of halogens is 1. The van der Waals surface area contributed by atoms with Crippen LogP contribution in [0, 0.1) is 6.92 Å². The molecule has 0 saturated carbocycles. The van der Waals surface area contributed by atoms with Gasteiger partial charge in [0.2, 0.25) is 0 Å². The largest absolute Gasteiger partial charge is 0.330 e. The minimum absolute atomic E-state index is 0.656. The second-order valence-corrected chi connectivity index (χ2v) is 4.42. The number of aromatic nitrogens is 1. The van der Waals surface area contributed by atoms with Crippen molar-refractivity contribution in [3.63, 3.8) is 0 Å². The van der Waals surface area contributed by atoms with Crippen molar-refractivity contribution in [2.45, 2.75) is 13.3 Å². The number of hydrogen-bond acceptors (Lipinski definition) is 2. The van der Waals surface area contributed by atoms with Crippen LogP contribution in [0.2, 0.25) is 5.02 Å². The van der Waals surface area contributed by atoms with Crippen molar-refractivity contribution in [1.82, 2.24) is 4.98 Å². The predicted molar refractivity (Wildman–Crippen MR) is 72.2 cm³/mol. The van der Waals surface area contributed by atoms with Gasteiger partial charge in [-0.25, -0.2) is 0 Å². The number of pyridine rings is 1. The molecule has 2 nitrogen and oxygen atoms in total. The summed E-state index contributed by atoms with van der Waals surface area (Å²) in [7, 11) is 0. The highest BCUT2D eigenvalue weighted by Crippen LogP contribution is 2.21. The third-order valence-corrected chi connectivity index (χ3v) is 3.00. The number of aryl methyl sites for hydroxylation is 1. The van der Waals surface area contributed by atoms with E-state index in [1.165, 1.54) is 5.56 Å². The highest BCUT2D eigenvalue weighted by atomic mass is 35.5. The van der Waals surface area contributed by atoms with Crippen LogP contribution in [0.5, 0.6) is 0 Å². The molecule has 0 aliphatic heterocycles. The van der Waals surface area contributed by atoms with E-state index in [1.54, 1.807) is 0 Å². The number of nitrogens with two attached hydrogens (primary N) is 1. The lowest BCUT2D eigenvalue weighted by Crippen LogP contribution is -2.05. The van der Waals surface area contributed by atoms with Crippen molar-refractivity contribution in [3.05, 3.63) is 52.7 Å². The molecule has 0 aliphatic carbocycles. The maximum absolute atomic E-state index is 5.86. The van der Waals surface area contributed by atoms with Gasteiger partial charge in [-0.05, 0) is 43.7 Å². The van der Waals surface area contributed by atoms with E-state index >= 15 is 0 Å². The number of benzene rings is 1. The number of nitrogens with zero attached hydrogens (tertiary/aromatic N) is 1. The van der Waals surface area contributed by atoms with Gasteiger partial charge in [0.15, 0.2) is 0 Å². The zero-order valence-electron chi connectivity index (χ0n) is 9.78. The summed E-state index contributed by atoms with van der Waals surface area (Å²) in [6.45, 7) is 2.67. The first-order chi connectivity index (χ1) is 8.20. The van der Waals surface area contributed by atoms with Gasteiger partial charge >= 0.3 is 0 Å². The minimum Gasteiger partial charge on any atom is -0.330 e. The third kappa shape index (κ3) is 2.84. The standard InChI is InChI=1S/C14H15ClN2/c1-10-11(8-9-16)4-7-14(17-10)12-2-5-13(15)6-3-12/h2-7H,8-9,16H2,1H3. The molecule has 0 atom stereocenters. The summed E-state index contributed by atoms with van der Waals surface area (Å²) in [6, 6.07) is 11.8. The average molecular weight is 247 g/mol. The van der Waals surface area contributed by atoms with Crippen LogP contribution in [-0.4, -0.2) is 11.5 Å². The Balaban J connectivity index is 2.34. The van der Waals surface area contributed by atoms with Crippen LogP contribution < -0.4 is 5.73 Å². The third-order valence-electron chi connectivity index (χ3n) is 2.75. The van der Waals surface area contributed by atoms with Gasteiger partial charge in [-0.15, -0.1) is 0 Å². The Hall–Kier alpha value is -1.38. The Kier molecular flexibility index (Phi) is 3.77. The van der Waals surface area contributed by atoms with Crippen molar-refractivity contribution in [2.75, 3.05) is 6.54 Å². The van der Waals surface area contributed by atoms with E-state index in [9.17, 15) is 0 Å². The van der Waals surface area contributed by atoms with Gasteiger partial charge in [0.25, 0.3) is 0 Å². The zero-order valence-corrected chi connectivity index (χ0v) is 10.5. The summed E-state index contributed by atoms with van der Waals surface area (Å²) in [6.07, 6.45) is 0.875. The summed E-state index contributed by atoms with van der Waals surface area (Å²) in [5.41, 5.74) is 9.86. The smallest absolute Gasteiger partial charge is 0.0705 e. The molecule has 0 bridgehead atoms. The van der Waals surface area contributed by atoms with E-state index < -0.39 is 0 Å². The van der Waals surface area contributed by atoms with Crippen LogP contribution in [0.1, 0.15) is 11.3 Å². The van der Waals surface area contributed by atoms with Gasteiger partial charge in [0.05, 0.1) is 5.69 Å². The minimum atomic E-state index is 0.656. The van der Waals surface area contributed by atoms with Crippen molar-refractivity contribution < 1.29 is 0 Å². The molecule has 88 valence electrons. The van der Waals surface area contributed by atoms with Gasteiger partial charge < -0.3 is 5.73 Å². The summed E-state index contributed by atoms with van der Waals surface area (Å²) in [4.78, 5) is 4.59. The van der Waals surface area contributed by atoms with Crippen LogP contribution in [0.15, 0.2) is 36.4 Å². The van der Waals surface area contributed by atoms with Crippen molar-refractivity contribution in [2.24, 2.45) is 5.73 Å². The van der Waals surface area contributed by atoms with Gasteiger partial charge in [-0.1, -0.05) is 29.8 Å². The average Bonchev–Trinajstić information content (AvgIpc) is 2.33. The molecule has 2 aromatic rings. The van der Waals surface area contributed by atoms with Gasteiger partial charge in [-0.3, -0.25) is 4.98 Å². The Morgan fingerprint density at radius 3 is 2.41 bits per heavy atom. The SMILES string of the molecule is Cc1nc(-c2ccc(Cl)cc2)ccc1CCN. The Morgan fingerprint density at radius 2 is 1.82 bits per heavy atom. The van der Waals surface area contributed by atoms with Crippen LogP contribution in [0.3, 0.4) is 0 Å². The topological polar surface area (TPSA) is 38.9 Å². The molecule has 0 amide bonds. The molecule has 1 aromatic heterocycles. The van der Waals surface area contributed by atoms with Crippen molar-refractivity contribution >= 4 is 11.6 Å². The van der Waals surface area contributed by atoms with Gasteiger partial charge in [-0.2, -0.15) is 0 Å². The van der Waals surface area contributed by atoms with Crippen LogP contribution >= 0.6 is 11.6 Å². The molecule has 0 fully saturated rings. The Bertz CT molecular complexity index is 506. The van der Waals surface area contributed by atoms with E-state index in [0.29, 0.717) is 6.54 Å². The molecule has 0 aliphatic rings. The second-order valence-electron chi connectivity index (χ2n) is 3.99. The molecule has 0 radical (unpaired) electrons. The highest BCUT2D eigenvalue weighted by molar-refractivity contribution is 6.30. The fraction of sp³-hybridized carbons (Fsp3) is 0.214. The van der Waals surface area contributed by atoms with E-state index in [2.05, 4.69) is 11.1 Å². The molecule has 1 aromatic carbocycles. The highest BCUT2D eigenvalue weighted by Gasteiger charge is 2.03. The fourth-order valence-corrected chi connectivity index (χ4v) is 1.92. The molecular formula is C14H15ClN2. The Morgan fingerprint density at radius 1 is 1.12 bits per heavy atom. The molecular weight excluding hydrogens is 232 g/mol. The lowest BCUT2D eigenvalue weighted by Gasteiger charge is -2.07. The molecule has 17 heavy (non-hydrogen) atoms. The van der Waals surface area contributed by atoms with Gasteiger partial charge in [0.1, 0.15) is 0 Å². The molecule has 3 heteroatoms. The summed E-state index contributed by atoms with van der Waals surface area (Å²) in [5.74, 6) is 0. The first-order valence-electron chi connectivity index (χ1n) is 5.63. The maximum Gasteiger partial charge on any atom is 0.0705 e. The summed E-state index contributed by atoms with van der Waals surface area (Å²) in [5, 5.41) is 0.741. The molecule has 2 N–H and O–H groups in total. The zero-order chi connectivity index (χ0) is 12.3. The Labute approximate surface area is 106 Å². The first kappa shape index (κ1) is 12.1. The normalized spacial score (nSPS) is 10.5. The van der Waals surface area contributed by atoms with E-state index in [-0.39, 0.29) is 0 Å². The number of rotatable bonds is 3. The maximum atomic E-state index is 5.86. The van der Waals surface area contributed by atoms with E-state index in [0.717, 1.165) is 28.4 Å². The monoisotopic (exact) mass is 246 g/mol. The lowest BCUT2D eigenvalue weighted by molar-refractivity contribution is 0.940. The molecule has 0 saturated heterocycles.